The van der Waals surface area contributed by atoms with Gasteiger partial charge in [-0.1, -0.05) is 36.4 Å². The largest absolute Gasteiger partial charge is 0.545 e. The van der Waals surface area contributed by atoms with E-state index >= 15 is 0 Å². The Kier molecular flexibility index (Phi) is 10.5. The molecule has 0 amide bonds. The van der Waals surface area contributed by atoms with Crippen molar-refractivity contribution in [2.75, 3.05) is 28.4 Å². The van der Waals surface area contributed by atoms with Crippen LogP contribution in [0, 0.1) is 0 Å². The van der Waals surface area contributed by atoms with E-state index in [9.17, 15) is 14.7 Å². The van der Waals surface area contributed by atoms with E-state index in [4.69, 9.17) is 14.2 Å². The second-order valence-corrected chi connectivity index (χ2v) is 6.02. The summed E-state index contributed by atoms with van der Waals surface area (Å²) in [5.41, 5.74) is 5.45. The van der Waals surface area contributed by atoms with Gasteiger partial charge in [-0.25, -0.2) is 4.79 Å². The Hall–Kier alpha value is -3.52. The van der Waals surface area contributed by atoms with Crippen molar-refractivity contribution in [2.24, 2.45) is 0 Å². The average molecular weight is 417 g/mol. The molecule has 0 aliphatic carbocycles. The summed E-state index contributed by atoms with van der Waals surface area (Å²) >= 11 is 0. The lowest BCUT2D eigenvalue weighted by Crippen LogP contribution is -2.66. The maximum absolute atomic E-state index is 11.0. The highest BCUT2D eigenvalue weighted by Crippen LogP contribution is 2.38. The molecule has 0 aliphatic rings. The van der Waals surface area contributed by atoms with Crippen LogP contribution >= 0.6 is 0 Å². The van der Waals surface area contributed by atoms with Crippen molar-refractivity contribution in [3.05, 3.63) is 59.7 Å². The minimum absolute atomic E-state index is 0.260. The molecule has 0 saturated heterocycles. The van der Waals surface area contributed by atoms with Crippen LogP contribution in [0.4, 0.5) is 0 Å². The monoisotopic (exact) mass is 417 g/mol. The molecule has 0 radical (unpaired) electrons. The summed E-state index contributed by atoms with van der Waals surface area (Å²) in [6.45, 7) is 0. The average Bonchev–Trinajstić information content (AvgIpc) is 2.77. The lowest BCUT2D eigenvalue weighted by molar-refractivity contribution is -0.407. The lowest BCUT2D eigenvalue weighted by atomic mass is 10.1. The number of quaternary nitrogens is 1. The van der Waals surface area contributed by atoms with Crippen LogP contribution in [-0.4, -0.2) is 46.4 Å². The molecule has 1 unspecified atom stereocenters. The van der Waals surface area contributed by atoms with E-state index in [1.54, 1.807) is 12.1 Å². The van der Waals surface area contributed by atoms with Crippen molar-refractivity contribution in [2.45, 2.75) is 12.5 Å². The van der Waals surface area contributed by atoms with E-state index in [1.165, 1.54) is 34.5 Å². The fourth-order valence-corrected chi connectivity index (χ4v) is 2.51. The molecule has 2 aromatic carbocycles. The molecule has 0 bridgehead atoms. The number of methoxy groups -OCH3 is 4. The summed E-state index contributed by atoms with van der Waals surface area (Å²) in [5.74, 6) is -0.141. The molecule has 2 aromatic rings. The molecule has 0 spiro atoms. The number of hydrogen-bond acceptors (Lipinski definition) is 7. The van der Waals surface area contributed by atoms with Gasteiger partial charge in [-0.15, -0.1) is 0 Å². The van der Waals surface area contributed by atoms with Gasteiger partial charge in [0.1, 0.15) is 0 Å². The summed E-state index contributed by atoms with van der Waals surface area (Å²) in [5, 5.41) is 10.3. The SMILES string of the molecule is COC(=O)C([NH3+])Cc1ccccc1.COc1cc(/C=C/C(=O)[O-])cc(OC)c1OC. The van der Waals surface area contributed by atoms with Crippen molar-refractivity contribution in [3.8, 4) is 17.2 Å². The van der Waals surface area contributed by atoms with Crippen LogP contribution < -0.4 is 25.1 Å². The zero-order chi connectivity index (χ0) is 22.5. The number of carboxylic acids is 1. The van der Waals surface area contributed by atoms with Gasteiger partial charge >= 0.3 is 5.97 Å². The summed E-state index contributed by atoms with van der Waals surface area (Å²) in [7, 11) is 5.86. The van der Waals surface area contributed by atoms with Gasteiger partial charge < -0.3 is 34.6 Å². The molecule has 8 heteroatoms. The summed E-state index contributed by atoms with van der Waals surface area (Å²) in [6, 6.07) is 12.7. The Morgan fingerprint density at radius 1 is 1.00 bits per heavy atom. The molecule has 0 heterocycles. The molecule has 3 N–H and O–H groups in total. The number of hydrogen-bond donors (Lipinski definition) is 1. The minimum atomic E-state index is -1.27. The first-order valence-corrected chi connectivity index (χ1v) is 9.00. The van der Waals surface area contributed by atoms with E-state index in [0.717, 1.165) is 11.6 Å². The molecule has 8 nitrogen and oxygen atoms in total. The second-order valence-electron chi connectivity index (χ2n) is 6.02. The number of carboxylic acid groups (broad SMARTS) is 1. The van der Waals surface area contributed by atoms with Crippen LogP contribution in [-0.2, 0) is 20.7 Å². The van der Waals surface area contributed by atoms with Gasteiger partial charge in [-0.05, 0) is 29.3 Å². The highest BCUT2D eigenvalue weighted by atomic mass is 16.5. The molecular weight excluding hydrogens is 390 g/mol. The zero-order valence-corrected chi connectivity index (χ0v) is 17.5. The Morgan fingerprint density at radius 3 is 2.00 bits per heavy atom. The van der Waals surface area contributed by atoms with Crippen molar-refractivity contribution in [3.63, 3.8) is 0 Å². The topological polar surface area (TPSA) is 122 Å². The van der Waals surface area contributed by atoms with Crippen molar-refractivity contribution in [1.82, 2.24) is 0 Å². The van der Waals surface area contributed by atoms with Gasteiger partial charge in [0.15, 0.2) is 17.5 Å². The van der Waals surface area contributed by atoms with Crippen molar-refractivity contribution in [1.29, 1.82) is 0 Å². The number of ether oxygens (including phenoxy) is 4. The van der Waals surface area contributed by atoms with E-state index in [1.807, 2.05) is 30.3 Å². The van der Waals surface area contributed by atoms with E-state index in [2.05, 4.69) is 10.5 Å². The molecular formula is C22H27NO7. The molecule has 0 aromatic heterocycles. The number of rotatable bonds is 8. The maximum Gasteiger partial charge on any atom is 0.364 e. The fraction of sp³-hybridized carbons (Fsp3) is 0.273. The Morgan fingerprint density at radius 2 is 1.57 bits per heavy atom. The molecule has 30 heavy (non-hydrogen) atoms. The molecule has 0 aliphatic heterocycles. The van der Waals surface area contributed by atoms with Crippen LogP contribution in [0.1, 0.15) is 11.1 Å². The first-order valence-electron chi connectivity index (χ1n) is 9.00. The summed E-state index contributed by atoms with van der Waals surface area (Å²) in [4.78, 5) is 21.4. The Bertz CT molecular complexity index is 825. The molecule has 0 saturated carbocycles. The predicted octanol–water partition coefficient (Wildman–Crippen LogP) is 0.488. The number of aliphatic carboxylic acids is 1. The maximum atomic E-state index is 11.0. The molecule has 2 rings (SSSR count). The van der Waals surface area contributed by atoms with Gasteiger partial charge in [0, 0.05) is 6.42 Å². The third-order valence-corrected chi connectivity index (χ3v) is 3.96. The first kappa shape index (κ1) is 24.5. The Balaban J connectivity index is 0.000000311. The van der Waals surface area contributed by atoms with Gasteiger partial charge in [0.2, 0.25) is 5.75 Å². The number of esters is 1. The highest BCUT2D eigenvalue weighted by Gasteiger charge is 2.17. The van der Waals surface area contributed by atoms with Crippen LogP contribution in [0.25, 0.3) is 6.08 Å². The van der Waals surface area contributed by atoms with Crippen LogP contribution in [0.5, 0.6) is 17.2 Å². The summed E-state index contributed by atoms with van der Waals surface area (Å²) in [6.07, 6.45) is 2.95. The zero-order valence-electron chi connectivity index (χ0n) is 17.5. The third kappa shape index (κ3) is 7.84. The van der Waals surface area contributed by atoms with E-state index in [0.29, 0.717) is 29.2 Å². The number of carbonyl (C=O) groups is 2. The Labute approximate surface area is 175 Å². The lowest BCUT2D eigenvalue weighted by Gasteiger charge is -2.12. The van der Waals surface area contributed by atoms with Crippen LogP contribution in [0.3, 0.4) is 0 Å². The third-order valence-electron chi connectivity index (χ3n) is 3.96. The molecule has 1 atom stereocenters. The van der Waals surface area contributed by atoms with Gasteiger partial charge in [-0.2, -0.15) is 0 Å². The van der Waals surface area contributed by atoms with Crippen LogP contribution in [0.15, 0.2) is 48.5 Å². The number of benzene rings is 2. The quantitative estimate of drug-likeness (QED) is 0.490. The smallest absolute Gasteiger partial charge is 0.364 e. The van der Waals surface area contributed by atoms with Crippen molar-refractivity contribution < 1.29 is 39.4 Å². The van der Waals surface area contributed by atoms with Gasteiger partial charge in [-0.3, -0.25) is 0 Å². The van der Waals surface area contributed by atoms with E-state index < -0.39 is 5.97 Å². The van der Waals surface area contributed by atoms with Gasteiger partial charge in [0.05, 0.1) is 34.4 Å². The first-order chi connectivity index (χ1) is 14.4. The van der Waals surface area contributed by atoms with Gasteiger partial charge in [0.25, 0.3) is 0 Å². The minimum Gasteiger partial charge on any atom is -0.545 e. The normalized spacial score (nSPS) is 11.1. The van der Waals surface area contributed by atoms with E-state index in [-0.39, 0.29) is 12.0 Å². The fourth-order valence-electron chi connectivity index (χ4n) is 2.51. The highest BCUT2D eigenvalue weighted by molar-refractivity contribution is 5.84. The standard InChI is InChI=1S/C12H14O5.C10H13NO2/c1-15-9-6-8(4-5-11(13)14)7-10(16-2)12(9)17-3;1-13-10(12)9(11)7-8-5-3-2-4-6-8/h4-7H,1-3H3,(H,13,14);2-6,9H,7,11H2,1H3/b5-4+;. The molecule has 0 fully saturated rings. The second kappa shape index (κ2) is 12.8. The molecule has 162 valence electrons. The summed E-state index contributed by atoms with van der Waals surface area (Å²) < 4.78 is 20.0. The number of carbonyl (C=O) groups excluding carboxylic acids is 2. The predicted molar refractivity (Wildman–Crippen MR) is 109 cm³/mol. The van der Waals surface area contributed by atoms with Crippen LogP contribution in [0.2, 0.25) is 0 Å². The van der Waals surface area contributed by atoms with Crippen molar-refractivity contribution >= 4 is 18.0 Å².